The Balaban J connectivity index is 1.59. The number of rotatable bonds is 7. The zero-order valence-corrected chi connectivity index (χ0v) is 15.9. The van der Waals surface area contributed by atoms with E-state index in [4.69, 9.17) is 11.6 Å². The predicted molar refractivity (Wildman–Crippen MR) is 110 cm³/mol. The first kappa shape index (κ1) is 19.9. The maximum absolute atomic E-state index is 12.4. The molecule has 3 rings (SSSR count). The van der Waals surface area contributed by atoms with Crippen molar-refractivity contribution in [3.63, 3.8) is 0 Å². The summed E-state index contributed by atoms with van der Waals surface area (Å²) < 4.78 is 0. The van der Waals surface area contributed by atoms with Crippen LogP contribution in [-0.2, 0) is 22.6 Å². The monoisotopic (exact) mass is 396 g/mol. The van der Waals surface area contributed by atoms with E-state index in [2.05, 4.69) is 10.6 Å². The van der Waals surface area contributed by atoms with Gasteiger partial charge in [-0.05, 0) is 34.0 Å². The Kier molecular flexibility index (Phi) is 6.63. The first-order valence-corrected chi connectivity index (χ1v) is 9.33. The fraction of sp³-hybridized carbons (Fsp3) is 0.182. The number of amides is 2. The molecule has 0 saturated carbocycles. The Morgan fingerprint density at radius 3 is 2.43 bits per heavy atom. The number of aliphatic hydroxyl groups is 1. The fourth-order valence-corrected chi connectivity index (χ4v) is 3.10. The molecule has 0 aliphatic rings. The summed E-state index contributed by atoms with van der Waals surface area (Å²) in [5.74, 6) is -0.763. The van der Waals surface area contributed by atoms with Crippen molar-refractivity contribution in [3.05, 3.63) is 82.9 Å². The lowest BCUT2D eigenvalue weighted by atomic mass is 10.0. The van der Waals surface area contributed by atoms with E-state index in [-0.39, 0.29) is 18.9 Å². The van der Waals surface area contributed by atoms with Crippen LogP contribution in [0.1, 0.15) is 11.1 Å². The molecule has 0 heterocycles. The highest BCUT2D eigenvalue weighted by atomic mass is 35.5. The third kappa shape index (κ3) is 5.09. The van der Waals surface area contributed by atoms with E-state index in [9.17, 15) is 14.7 Å². The minimum absolute atomic E-state index is 0.127. The summed E-state index contributed by atoms with van der Waals surface area (Å²) >= 11 is 5.84. The Labute approximate surface area is 168 Å². The molecule has 0 spiro atoms. The van der Waals surface area contributed by atoms with Crippen LogP contribution in [0.2, 0.25) is 5.02 Å². The number of benzene rings is 3. The van der Waals surface area contributed by atoms with Gasteiger partial charge in [0, 0.05) is 11.6 Å². The van der Waals surface area contributed by atoms with Gasteiger partial charge in [-0.25, -0.2) is 0 Å². The Morgan fingerprint density at radius 2 is 1.68 bits per heavy atom. The Hall–Kier alpha value is -2.89. The number of hydrogen-bond donors (Lipinski definition) is 3. The van der Waals surface area contributed by atoms with Gasteiger partial charge in [0.2, 0.25) is 11.8 Å². The molecule has 3 aromatic carbocycles. The van der Waals surface area contributed by atoms with Crippen molar-refractivity contribution in [2.45, 2.75) is 19.0 Å². The molecule has 0 fully saturated rings. The van der Waals surface area contributed by atoms with E-state index in [1.54, 1.807) is 24.3 Å². The quantitative estimate of drug-likeness (QED) is 0.574. The topological polar surface area (TPSA) is 78.4 Å². The molecular formula is C22H21ClN2O3. The maximum atomic E-state index is 12.4. The second-order valence-corrected chi connectivity index (χ2v) is 6.90. The van der Waals surface area contributed by atoms with Crippen molar-refractivity contribution >= 4 is 34.2 Å². The largest absolute Gasteiger partial charge is 0.394 e. The number of halogens is 1. The van der Waals surface area contributed by atoms with Crippen molar-refractivity contribution in [2.24, 2.45) is 0 Å². The van der Waals surface area contributed by atoms with E-state index >= 15 is 0 Å². The lowest BCUT2D eigenvalue weighted by molar-refractivity contribution is -0.129. The Bertz CT molecular complexity index is 968. The van der Waals surface area contributed by atoms with Gasteiger partial charge in [0.05, 0.1) is 13.0 Å². The van der Waals surface area contributed by atoms with Gasteiger partial charge in [0.1, 0.15) is 6.04 Å². The van der Waals surface area contributed by atoms with Gasteiger partial charge in [0.15, 0.2) is 0 Å². The molecule has 3 aromatic rings. The van der Waals surface area contributed by atoms with Crippen LogP contribution >= 0.6 is 11.6 Å². The molecule has 1 atom stereocenters. The van der Waals surface area contributed by atoms with Crippen molar-refractivity contribution < 1.29 is 14.7 Å². The van der Waals surface area contributed by atoms with Crippen LogP contribution in [0.4, 0.5) is 0 Å². The number of fused-ring (bicyclic) bond motifs is 1. The third-order valence-corrected chi connectivity index (χ3v) is 4.70. The summed E-state index contributed by atoms with van der Waals surface area (Å²) in [4.78, 5) is 24.7. The second kappa shape index (κ2) is 9.35. The van der Waals surface area contributed by atoms with E-state index < -0.39 is 18.6 Å². The lowest BCUT2D eigenvalue weighted by Crippen LogP contribution is -2.49. The molecule has 5 nitrogen and oxygen atoms in total. The van der Waals surface area contributed by atoms with Crippen LogP contribution in [-0.4, -0.2) is 29.6 Å². The van der Waals surface area contributed by atoms with Gasteiger partial charge in [-0.1, -0.05) is 66.2 Å². The van der Waals surface area contributed by atoms with Gasteiger partial charge < -0.3 is 15.7 Å². The summed E-state index contributed by atoms with van der Waals surface area (Å²) in [6.45, 7) is -0.195. The number of aliphatic hydroxyl groups excluding tert-OH is 1. The number of nitrogens with one attached hydrogen (secondary N) is 2. The first-order chi connectivity index (χ1) is 13.6. The van der Waals surface area contributed by atoms with Crippen LogP contribution in [0.5, 0.6) is 0 Å². The van der Waals surface area contributed by atoms with Gasteiger partial charge >= 0.3 is 0 Å². The van der Waals surface area contributed by atoms with Crippen molar-refractivity contribution in [2.75, 3.05) is 6.61 Å². The van der Waals surface area contributed by atoms with Gasteiger partial charge in [-0.3, -0.25) is 9.59 Å². The van der Waals surface area contributed by atoms with E-state index in [0.717, 1.165) is 21.9 Å². The molecule has 3 N–H and O–H groups in total. The van der Waals surface area contributed by atoms with Crippen molar-refractivity contribution in [1.29, 1.82) is 0 Å². The Morgan fingerprint density at radius 1 is 0.964 bits per heavy atom. The van der Waals surface area contributed by atoms with Crippen LogP contribution in [0.3, 0.4) is 0 Å². The second-order valence-electron chi connectivity index (χ2n) is 6.46. The summed E-state index contributed by atoms with van der Waals surface area (Å²) in [6.07, 6.45) is 0.127. The normalized spacial score (nSPS) is 11.8. The van der Waals surface area contributed by atoms with Crippen molar-refractivity contribution in [3.8, 4) is 0 Å². The van der Waals surface area contributed by atoms with Gasteiger partial charge in [-0.2, -0.15) is 0 Å². The van der Waals surface area contributed by atoms with Crippen LogP contribution < -0.4 is 10.6 Å². The molecule has 0 radical (unpaired) electrons. The van der Waals surface area contributed by atoms with E-state index in [0.29, 0.717) is 5.02 Å². The molecule has 0 aliphatic heterocycles. The molecule has 28 heavy (non-hydrogen) atoms. The molecule has 2 amide bonds. The predicted octanol–water partition coefficient (Wildman–Crippen LogP) is 2.83. The zero-order chi connectivity index (χ0) is 19.9. The van der Waals surface area contributed by atoms with Gasteiger partial charge in [-0.15, -0.1) is 0 Å². The minimum atomic E-state index is -1.00. The van der Waals surface area contributed by atoms with Crippen LogP contribution in [0, 0.1) is 0 Å². The minimum Gasteiger partial charge on any atom is -0.394 e. The van der Waals surface area contributed by atoms with Gasteiger partial charge in [0.25, 0.3) is 0 Å². The smallest absolute Gasteiger partial charge is 0.245 e. The molecular weight excluding hydrogens is 376 g/mol. The molecule has 0 bridgehead atoms. The first-order valence-electron chi connectivity index (χ1n) is 8.96. The molecule has 1 unspecified atom stereocenters. The molecule has 6 heteroatoms. The molecule has 0 saturated heterocycles. The zero-order valence-electron chi connectivity index (χ0n) is 15.2. The van der Waals surface area contributed by atoms with Crippen LogP contribution in [0.25, 0.3) is 10.8 Å². The maximum Gasteiger partial charge on any atom is 0.245 e. The lowest BCUT2D eigenvalue weighted by Gasteiger charge is -2.17. The number of carbonyl (C=O) groups is 2. The number of carbonyl (C=O) groups excluding carboxylic acids is 2. The molecule has 0 aromatic heterocycles. The van der Waals surface area contributed by atoms with Crippen LogP contribution in [0.15, 0.2) is 66.7 Å². The summed E-state index contributed by atoms with van der Waals surface area (Å²) in [6, 6.07) is 19.6. The average molecular weight is 397 g/mol. The summed E-state index contributed by atoms with van der Waals surface area (Å²) in [7, 11) is 0. The summed E-state index contributed by atoms with van der Waals surface area (Å²) in [5, 5.41) is 17.5. The highest BCUT2D eigenvalue weighted by molar-refractivity contribution is 6.30. The highest BCUT2D eigenvalue weighted by Crippen LogP contribution is 2.18. The molecule has 144 valence electrons. The average Bonchev–Trinajstić information content (AvgIpc) is 2.71. The highest BCUT2D eigenvalue weighted by Gasteiger charge is 2.20. The van der Waals surface area contributed by atoms with Crippen molar-refractivity contribution in [1.82, 2.24) is 10.6 Å². The SMILES string of the molecule is O=C(Cc1cccc2ccccc12)NC(CO)C(=O)NCc1ccc(Cl)cc1. The molecule has 0 aliphatic carbocycles. The fourth-order valence-electron chi connectivity index (χ4n) is 2.97. The standard InChI is InChI=1S/C22H21ClN2O3/c23-18-10-8-15(9-11-18)13-24-22(28)20(14-26)25-21(27)12-17-6-3-5-16-4-1-2-7-19(16)17/h1-11,20,26H,12-14H2,(H,24,28)(H,25,27). The van der Waals surface area contributed by atoms with E-state index in [1.807, 2.05) is 42.5 Å². The summed E-state index contributed by atoms with van der Waals surface area (Å²) in [5.41, 5.74) is 1.74. The number of hydrogen-bond acceptors (Lipinski definition) is 3. The van der Waals surface area contributed by atoms with E-state index in [1.165, 1.54) is 0 Å². The third-order valence-electron chi connectivity index (χ3n) is 4.45.